The molecule has 0 radical (unpaired) electrons. The molecular weight excluding hydrogens is 352 g/mol. The maximum absolute atomic E-state index is 13.1. The highest BCUT2D eigenvalue weighted by molar-refractivity contribution is 7.91. The lowest BCUT2D eigenvalue weighted by atomic mass is 10.0. The number of rotatable bonds is 7. The van der Waals surface area contributed by atoms with Gasteiger partial charge >= 0.3 is 0 Å². The highest BCUT2D eigenvalue weighted by Gasteiger charge is 2.26. The molecule has 0 fully saturated rings. The molecule has 0 unspecified atom stereocenters. The molecule has 25 heavy (non-hydrogen) atoms. The van der Waals surface area contributed by atoms with E-state index in [9.17, 15) is 8.42 Å². The molecule has 2 aromatic carbocycles. The number of hydrogen-bond acceptors (Lipinski definition) is 4. The van der Waals surface area contributed by atoms with Crippen LogP contribution in [0.3, 0.4) is 0 Å². The molecule has 0 amide bonds. The summed E-state index contributed by atoms with van der Waals surface area (Å²) in [5.74, 6) is 0. The summed E-state index contributed by atoms with van der Waals surface area (Å²) in [6.07, 6.45) is 0. The summed E-state index contributed by atoms with van der Waals surface area (Å²) in [6.45, 7) is 1.50. The molecule has 0 aliphatic heterocycles. The zero-order chi connectivity index (χ0) is 17.9. The third-order valence-electron chi connectivity index (χ3n) is 4.11. The van der Waals surface area contributed by atoms with Crippen molar-refractivity contribution in [2.24, 2.45) is 0 Å². The van der Waals surface area contributed by atoms with Gasteiger partial charge in [-0.1, -0.05) is 48.5 Å². The van der Waals surface area contributed by atoms with Gasteiger partial charge in [-0.25, -0.2) is 8.42 Å². The van der Waals surface area contributed by atoms with Crippen molar-refractivity contribution >= 4 is 32.1 Å². The highest BCUT2D eigenvalue weighted by Crippen LogP contribution is 2.25. The Kier molecular flexibility index (Phi) is 5.54. The molecule has 0 saturated heterocycles. The first-order valence-electron chi connectivity index (χ1n) is 8.13. The SMILES string of the molecule is CN(C)CCN(Cc1cccc2ccccc12)S(=O)(=O)c1cccs1. The van der Waals surface area contributed by atoms with E-state index in [2.05, 4.69) is 12.1 Å². The van der Waals surface area contributed by atoms with Crippen molar-refractivity contribution in [1.29, 1.82) is 0 Å². The molecule has 0 aliphatic carbocycles. The lowest BCUT2D eigenvalue weighted by Crippen LogP contribution is -2.36. The number of hydrogen-bond donors (Lipinski definition) is 0. The summed E-state index contributed by atoms with van der Waals surface area (Å²) in [5, 5.41) is 4.02. The Morgan fingerprint density at radius 1 is 0.920 bits per heavy atom. The van der Waals surface area contributed by atoms with Gasteiger partial charge in [0.15, 0.2) is 0 Å². The first-order valence-corrected chi connectivity index (χ1v) is 10.5. The van der Waals surface area contributed by atoms with Gasteiger partial charge < -0.3 is 4.90 Å². The molecule has 0 atom stereocenters. The quantitative estimate of drug-likeness (QED) is 0.634. The molecule has 4 nitrogen and oxygen atoms in total. The standard InChI is InChI=1S/C19H22N2O2S2/c1-20(2)12-13-21(25(22,23)19-11-6-14-24-19)15-17-9-5-8-16-7-3-4-10-18(16)17/h3-11,14H,12-13,15H2,1-2H3. The molecule has 6 heteroatoms. The minimum Gasteiger partial charge on any atom is -0.308 e. The van der Waals surface area contributed by atoms with Crippen LogP contribution >= 0.6 is 11.3 Å². The molecule has 132 valence electrons. The van der Waals surface area contributed by atoms with E-state index in [1.807, 2.05) is 49.3 Å². The third-order valence-corrected chi connectivity index (χ3v) is 7.33. The molecule has 3 rings (SSSR count). The smallest absolute Gasteiger partial charge is 0.252 e. The Hall–Kier alpha value is -1.73. The first kappa shape index (κ1) is 18.1. The number of likely N-dealkylation sites (N-methyl/N-ethyl adjacent to an activating group) is 1. The van der Waals surface area contributed by atoms with Gasteiger partial charge in [0.25, 0.3) is 10.0 Å². The Bertz CT molecular complexity index is 930. The van der Waals surface area contributed by atoms with Crippen LogP contribution in [0.2, 0.25) is 0 Å². The summed E-state index contributed by atoms with van der Waals surface area (Å²) in [4.78, 5) is 2.00. The average Bonchev–Trinajstić information content (AvgIpc) is 3.14. The van der Waals surface area contributed by atoms with Crippen LogP contribution in [0.25, 0.3) is 10.8 Å². The van der Waals surface area contributed by atoms with E-state index >= 15 is 0 Å². The maximum atomic E-state index is 13.1. The fourth-order valence-electron chi connectivity index (χ4n) is 2.75. The summed E-state index contributed by atoms with van der Waals surface area (Å²) < 4.78 is 28.1. The van der Waals surface area contributed by atoms with Crippen LogP contribution in [0.15, 0.2) is 64.2 Å². The lowest BCUT2D eigenvalue weighted by Gasteiger charge is -2.24. The fraction of sp³-hybridized carbons (Fsp3) is 0.263. The molecule has 0 aliphatic rings. The average molecular weight is 375 g/mol. The van der Waals surface area contributed by atoms with E-state index in [0.717, 1.165) is 16.3 Å². The Morgan fingerprint density at radius 3 is 2.40 bits per heavy atom. The number of nitrogens with zero attached hydrogens (tertiary/aromatic N) is 2. The predicted molar refractivity (Wildman–Crippen MR) is 104 cm³/mol. The number of fused-ring (bicyclic) bond motifs is 1. The third kappa shape index (κ3) is 4.10. The molecule has 1 heterocycles. The number of thiophene rings is 1. The second-order valence-electron chi connectivity index (χ2n) is 6.21. The van der Waals surface area contributed by atoms with Crippen LogP contribution < -0.4 is 0 Å². The van der Waals surface area contributed by atoms with E-state index < -0.39 is 10.0 Å². The van der Waals surface area contributed by atoms with Crippen LogP contribution in [0, 0.1) is 0 Å². The van der Waals surface area contributed by atoms with Gasteiger partial charge in [0, 0.05) is 19.6 Å². The second kappa shape index (κ2) is 7.66. The molecule has 0 N–H and O–H groups in total. The molecule has 3 aromatic rings. The predicted octanol–water partition coefficient (Wildman–Crippen LogP) is 3.65. The molecule has 0 spiro atoms. The molecule has 1 aromatic heterocycles. The van der Waals surface area contributed by atoms with Crippen LogP contribution in [0.4, 0.5) is 0 Å². The lowest BCUT2D eigenvalue weighted by molar-refractivity contribution is 0.330. The van der Waals surface area contributed by atoms with E-state index in [1.165, 1.54) is 11.3 Å². The van der Waals surface area contributed by atoms with Gasteiger partial charge in [0.1, 0.15) is 4.21 Å². The van der Waals surface area contributed by atoms with E-state index in [-0.39, 0.29) is 0 Å². The maximum Gasteiger partial charge on any atom is 0.252 e. The summed E-state index contributed by atoms with van der Waals surface area (Å²) in [6, 6.07) is 17.6. The van der Waals surface area contributed by atoms with Crippen molar-refractivity contribution in [2.75, 3.05) is 27.2 Å². The summed E-state index contributed by atoms with van der Waals surface area (Å²) in [5.41, 5.74) is 1.02. The number of benzene rings is 2. The minimum absolute atomic E-state index is 0.370. The Balaban J connectivity index is 1.97. The van der Waals surface area contributed by atoms with Crippen LogP contribution in [-0.2, 0) is 16.6 Å². The Morgan fingerprint density at radius 2 is 1.68 bits per heavy atom. The summed E-state index contributed by atoms with van der Waals surface area (Å²) >= 11 is 1.26. The van der Waals surface area contributed by atoms with Gasteiger partial charge in [0.05, 0.1) is 0 Å². The van der Waals surface area contributed by atoms with Gasteiger partial charge in [-0.2, -0.15) is 4.31 Å². The highest BCUT2D eigenvalue weighted by atomic mass is 32.2. The normalized spacial score (nSPS) is 12.3. The van der Waals surface area contributed by atoms with Crippen LogP contribution in [-0.4, -0.2) is 44.8 Å². The largest absolute Gasteiger partial charge is 0.308 e. The minimum atomic E-state index is -3.50. The van der Waals surface area contributed by atoms with Crippen molar-refractivity contribution in [3.8, 4) is 0 Å². The van der Waals surface area contributed by atoms with E-state index in [4.69, 9.17) is 0 Å². The van der Waals surface area contributed by atoms with Gasteiger partial charge in [0.2, 0.25) is 0 Å². The van der Waals surface area contributed by atoms with Gasteiger partial charge in [-0.15, -0.1) is 11.3 Å². The van der Waals surface area contributed by atoms with Crippen molar-refractivity contribution < 1.29 is 8.42 Å². The van der Waals surface area contributed by atoms with Crippen LogP contribution in [0.1, 0.15) is 5.56 Å². The monoisotopic (exact) mass is 374 g/mol. The van der Waals surface area contributed by atoms with E-state index in [0.29, 0.717) is 23.8 Å². The zero-order valence-electron chi connectivity index (χ0n) is 14.4. The topological polar surface area (TPSA) is 40.6 Å². The molecule has 0 bridgehead atoms. The van der Waals surface area contributed by atoms with Crippen molar-refractivity contribution in [1.82, 2.24) is 9.21 Å². The van der Waals surface area contributed by atoms with Crippen molar-refractivity contribution in [2.45, 2.75) is 10.8 Å². The zero-order valence-corrected chi connectivity index (χ0v) is 16.1. The van der Waals surface area contributed by atoms with Crippen molar-refractivity contribution in [3.63, 3.8) is 0 Å². The van der Waals surface area contributed by atoms with E-state index in [1.54, 1.807) is 21.8 Å². The van der Waals surface area contributed by atoms with Gasteiger partial charge in [-0.05, 0) is 41.9 Å². The number of sulfonamides is 1. The first-order chi connectivity index (χ1) is 12.0. The second-order valence-corrected chi connectivity index (χ2v) is 9.32. The van der Waals surface area contributed by atoms with Gasteiger partial charge in [-0.3, -0.25) is 0 Å². The molecule has 0 saturated carbocycles. The van der Waals surface area contributed by atoms with Crippen LogP contribution in [0.5, 0.6) is 0 Å². The van der Waals surface area contributed by atoms with Crippen molar-refractivity contribution in [3.05, 3.63) is 65.5 Å². The summed E-state index contributed by atoms with van der Waals surface area (Å²) in [7, 11) is 0.409. The Labute approximate surface area is 153 Å². The fourth-order valence-corrected chi connectivity index (χ4v) is 5.31. The molecular formula is C19H22N2O2S2.